The minimum Gasteiger partial charge on any atom is -0.392 e. The molecule has 1 amide bonds. The van der Waals surface area contributed by atoms with Crippen molar-refractivity contribution in [1.82, 2.24) is 5.32 Å². The van der Waals surface area contributed by atoms with Crippen LogP contribution in [0.5, 0.6) is 0 Å². The van der Waals surface area contributed by atoms with E-state index in [9.17, 15) is 9.90 Å². The fourth-order valence-electron chi connectivity index (χ4n) is 2.06. The van der Waals surface area contributed by atoms with E-state index >= 15 is 0 Å². The Kier molecular flexibility index (Phi) is 5.79. The van der Waals surface area contributed by atoms with E-state index in [1.165, 1.54) is 5.56 Å². The number of para-hydroxylation sites is 1. The largest absolute Gasteiger partial charge is 0.392 e. The first kappa shape index (κ1) is 15.1. The maximum absolute atomic E-state index is 11.8. The molecule has 110 valence electrons. The second-order valence-electron chi connectivity index (χ2n) is 4.75. The van der Waals surface area contributed by atoms with Crippen LogP contribution in [0, 0.1) is 0 Å². The van der Waals surface area contributed by atoms with E-state index in [1.807, 2.05) is 54.6 Å². The molecule has 0 aliphatic carbocycles. The molecule has 0 heterocycles. The van der Waals surface area contributed by atoms with Gasteiger partial charge in [0.05, 0.1) is 13.2 Å². The van der Waals surface area contributed by atoms with Crippen molar-refractivity contribution in [3.63, 3.8) is 0 Å². The number of nitrogens with one attached hydrogen (secondary N) is 2. The average molecular weight is 284 g/mol. The predicted molar refractivity (Wildman–Crippen MR) is 84.0 cm³/mol. The fraction of sp³-hybridized carbons (Fsp3) is 0.235. The lowest BCUT2D eigenvalue weighted by atomic mass is 10.1. The predicted octanol–water partition coefficient (Wildman–Crippen LogP) is 1.95. The number of aliphatic hydroxyl groups excluding tert-OH is 1. The molecule has 0 aliphatic rings. The molecular weight excluding hydrogens is 264 g/mol. The quantitative estimate of drug-likeness (QED) is 0.728. The van der Waals surface area contributed by atoms with E-state index in [-0.39, 0.29) is 19.1 Å². The van der Waals surface area contributed by atoms with Gasteiger partial charge < -0.3 is 15.7 Å². The number of rotatable bonds is 7. The number of benzene rings is 2. The molecule has 0 aliphatic heterocycles. The SMILES string of the molecule is O=C(CNc1ccccc1CO)NCCc1ccccc1. The third-order valence-electron chi connectivity index (χ3n) is 3.21. The standard InChI is InChI=1S/C17H20N2O2/c20-13-15-8-4-5-9-16(15)19-12-17(21)18-11-10-14-6-2-1-3-7-14/h1-9,19-20H,10-13H2,(H,18,21). The lowest BCUT2D eigenvalue weighted by Crippen LogP contribution is -2.31. The minimum atomic E-state index is -0.0568. The smallest absolute Gasteiger partial charge is 0.239 e. The maximum Gasteiger partial charge on any atom is 0.239 e. The van der Waals surface area contributed by atoms with Crippen LogP contribution >= 0.6 is 0 Å². The van der Waals surface area contributed by atoms with Gasteiger partial charge in [-0.3, -0.25) is 4.79 Å². The van der Waals surface area contributed by atoms with E-state index in [2.05, 4.69) is 10.6 Å². The van der Waals surface area contributed by atoms with E-state index in [0.717, 1.165) is 17.7 Å². The molecule has 2 rings (SSSR count). The molecule has 2 aromatic rings. The van der Waals surface area contributed by atoms with Gasteiger partial charge >= 0.3 is 0 Å². The molecule has 0 atom stereocenters. The van der Waals surface area contributed by atoms with Crippen molar-refractivity contribution >= 4 is 11.6 Å². The molecule has 0 unspecified atom stereocenters. The molecule has 21 heavy (non-hydrogen) atoms. The molecule has 4 nitrogen and oxygen atoms in total. The van der Waals surface area contributed by atoms with Gasteiger partial charge in [-0.1, -0.05) is 48.5 Å². The fourth-order valence-corrected chi connectivity index (χ4v) is 2.06. The summed E-state index contributed by atoms with van der Waals surface area (Å²) in [5.74, 6) is -0.0568. The zero-order chi connectivity index (χ0) is 14.9. The first-order valence-electron chi connectivity index (χ1n) is 7.03. The lowest BCUT2D eigenvalue weighted by Gasteiger charge is -2.10. The van der Waals surface area contributed by atoms with Gasteiger partial charge in [-0.2, -0.15) is 0 Å². The molecule has 0 spiro atoms. The van der Waals surface area contributed by atoms with E-state index in [1.54, 1.807) is 0 Å². The highest BCUT2D eigenvalue weighted by Gasteiger charge is 2.03. The van der Waals surface area contributed by atoms with Crippen molar-refractivity contribution in [2.75, 3.05) is 18.4 Å². The molecule has 0 fully saturated rings. The lowest BCUT2D eigenvalue weighted by molar-refractivity contribution is -0.119. The molecule has 0 bridgehead atoms. The van der Waals surface area contributed by atoms with E-state index in [4.69, 9.17) is 0 Å². The monoisotopic (exact) mass is 284 g/mol. The van der Waals surface area contributed by atoms with Gasteiger partial charge in [-0.25, -0.2) is 0 Å². The summed E-state index contributed by atoms with van der Waals surface area (Å²) in [4.78, 5) is 11.8. The van der Waals surface area contributed by atoms with Crippen molar-refractivity contribution in [2.24, 2.45) is 0 Å². The van der Waals surface area contributed by atoms with Crippen LogP contribution in [0.3, 0.4) is 0 Å². The van der Waals surface area contributed by atoms with Crippen LogP contribution in [0.1, 0.15) is 11.1 Å². The molecule has 4 heteroatoms. The van der Waals surface area contributed by atoms with E-state index < -0.39 is 0 Å². The van der Waals surface area contributed by atoms with Crippen LogP contribution in [0.2, 0.25) is 0 Å². The number of carbonyl (C=O) groups is 1. The Balaban J connectivity index is 1.72. The topological polar surface area (TPSA) is 61.4 Å². The third-order valence-corrected chi connectivity index (χ3v) is 3.21. The van der Waals surface area contributed by atoms with Gasteiger partial charge in [0.2, 0.25) is 5.91 Å². The van der Waals surface area contributed by atoms with Crippen LogP contribution in [0.15, 0.2) is 54.6 Å². The number of amides is 1. The summed E-state index contributed by atoms with van der Waals surface area (Å²) in [5.41, 5.74) is 2.78. The molecular formula is C17H20N2O2. The van der Waals surface area contributed by atoms with Crippen molar-refractivity contribution < 1.29 is 9.90 Å². The Bertz CT molecular complexity index is 570. The summed E-state index contributed by atoms with van der Waals surface area (Å²) in [6.07, 6.45) is 0.819. The normalized spacial score (nSPS) is 10.1. The van der Waals surface area contributed by atoms with Gasteiger partial charge in [0.25, 0.3) is 0 Å². The highest BCUT2D eigenvalue weighted by molar-refractivity contribution is 5.80. The molecule has 2 aromatic carbocycles. The van der Waals surface area contributed by atoms with Crippen molar-refractivity contribution in [1.29, 1.82) is 0 Å². The van der Waals surface area contributed by atoms with Gasteiger partial charge in [-0.05, 0) is 18.1 Å². The molecule has 0 saturated heterocycles. The average Bonchev–Trinajstić information content (AvgIpc) is 2.54. The second kappa shape index (κ2) is 8.07. The van der Waals surface area contributed by atoms with Crippen LogP contribution in [0.4, 0.5) is 5.69 Å². The summed E-state index contributed by atoms with van der Waals surface area (Å²) in [5, 5.41) is 15.1. The zero-order valence-electron chi connectivity index (χ0n) is 11.9. The van der Waals surface area contributed by atoms with Gasteiger partial charge in [0.1, 0.15) is 0 Å². The van der Waals surface area contributed by atoms with Crippen LogP contribution in [-0.4, -0.2) is 24.1 Å². The van der Waals surface area contributed by atoms with Crippen LogP contribution in [-0.2, 0) is 17.8 Å². The number of carbonyl (C=O) groups excluding carboxylic acids is 1. The first-order valence-corrected chi connectivity index (χ1v) is 7.03. The molecule has 0 saturated carbocycles. The highest BCUT2D eigenvalue weighted by Crippen LogP contribution is 2.13. The zero-order valence-corrected chi connectivity index (χ0v) is 11.9. The van der Waals surface area contributed by atoms with Crippen LogP contribution < -0.4 is 10.6 Å². The number of hydrogen-bond donors (Lipinski definition) is 3. The first-order chi connectivity index (χ1) is 10.3. The summed E-state index contributed by atoms with van der Waals surface area (Å²) in [6.45, 7) is 0.775. The summed E-state index contributed by atoms with van der Waals surface area (Å²) in [7, 11) is 0. The Morgan fingerprint density at radius 1 is 1.00 bits per heavy atom. The van der Waals surface area contributed by atoms with Gasteiger partial charge in [0.15, 0.2) is 0 Å². The number of aliphatic hydroxyl groups is 1. The highest BCUT2D eigenvalue weighted by atomic mass is 16.3. The summed E-state index contributed by atoms with van der Waals surface area (Å²) >= 11 is 0. The number of anilines is 1. The molecule has 3 N–H and O–H groups in total. The van der Waals surface area contributed by atoms with Gasteiger partial charge in [0, 0.05) is 17.8 Å². The van der Waals surface area contributed by atoms with Crippen LogP contribution in [0.25, 0.3) is 0 Å². The summed E-state index contributed by atoms with van der Waals surface area (Å²) < 4.78 is 0. The Hall–Kier alpha value is -2.33. The summed E-state index contributed by atoms with van der Waals surface area (Å²) in [6, 6.07) is 17.5. The molecule has 0 radical (unpaired) electrons. The molecule has 0 aromatic heterocycles. The minimum absolute atomic E-state index is 0.0429. The van der Waals surface area contributed by atoms with E-state index in [0.29, 0.717) is 6.54 Å². The van der Waals surface area contributed by atoms with Crippen molar-refractivity contribution in [3.8, 4) is 0 Å². The van der Waals surface area contributed by atoms with Crippen molar-refractivity contribution in [3.05, 3.63) is 65.7 Å². The maximum atomic E-state index is 11.8. The van der Waals surface area contributed by atoms with Gasteiger partial charge in [-0.15, -0.1) is 0 Å². The third kappa shape index (κ3) is 4.93. The Labute approximate surface area is 124 Å². The Morgan fingerprint density at radius 2 is 1.71 bits per heavy atom. The second-order valence-corrected chi connectivity index (χ2v) is 4.75. The Morgan fingerprint density at radius 3 is 2.48 bits per heavy atom. The number of hydrogen-bond acceptors (Lipinski definition) is 3. The van der Waals surface area contributed by atoms with Crippen molar-refractivity contribution in [2.45, 2.75) is 13.0 Å².